The molecule has 2 aromatic rings. The molecule has 3 heteroatoms. The summed E-state index contributed by atoms with van der Waals surface area (Å²) in [5, 5.41) is 4.16. The lowest BCUT2D eigenvalue weighted by Gasteiger charge is -1.97. The standard InChI is InChI=1S/C9H9N3/c1-8-5-11-12(7-8)9-3-2-4-10-6-9/h2-7H,1H3. The van der Waals surface area contributed by atoms with Crippen LogP contribution in [0.5, 0.6) is 0 Å². The molecule has 0 saturated carbocycles. The average Bonchev–Trinajstić information content (AvgIpc) is 2.54. The fourth-order valence-electron chi connectivity index (χ4n) is 1.04. The number of rotatable bonds is 1. The van der Waals surface area contributed by atoms with Crippen molar-refractivity contribution in [2.45, 2.75) is 6.92 Å². The largest absolute Gasteiger partial charge is 0.262 e. The van der Waals surface area contributed by atoms with Gasteiger partial charge in [-0.05, 0) is 24.6 Å². The third kappa shape index (κ3) is 1.21. The second kappa shape index (κ2) is 2.77. The molecule has 0 aliphatic rings. The minimum absolute atomic E-state index is 0.991. The maximum absolute atomic E-state index is 4.16. The molecule has 0 amide bonds. The van der Waals surface area contributed by atoms with Crippen LogP contribution in [0.3, 0.4) is 0 Å². The summed E-state index contributed by atoms with van der Waals surface area (Å²) in [4.78, 5) is 4.01. The smallest absolute Gasteiger partial charge is 0.0828 e. The van der Waals surface area contributed by atoms with Crippen LogP contribution in [0.15, 0.2) is 36.9 Å². The summed E-state index contributed by atoms with van der Waals surface area (Å²) < 4.78 is 1.81. The molecule has 2 heterocycles. The third-order valence-electron chi connectivity index (χ3n) is 1.62. The van der Waals surface area contributed by atoms with Crippen molar-refractivity contribution in [2.75, 3.05) is 0 Å². The molecule has 0 aliphatic heterocycles. The first-order chi connectivity index (χ1) is 5.86. The molecule has 0 saturated heterocycles. The summed E-state index contributed by atoms with van der Waals surface area (Å²) >= 11 is 0. The van der Waals surface area contributed by atoms with Crippen LogP contribution in [0.25, 0.3) is 5.69 Å². The minimum atomic E-state index is 0.991. The van der Waals surface area contributed by atoms with Crippen LogP contribution < -0.4 is 0 Å². The van der Waals surface area contributed by atoms with Gasteiger partial charge in [-0.2, -0.15) is 5.10 Å². The Hall–Kier alpha value is -1.64. The van der Waals surface area contributed by atoms with E-state index in [9.17, 15) is 0 Å². The van der Waals surface area contributed by atoms with Crippen LogP contribution in [0, 0.1) is 6.92 Å². The first kappa shape index (κ1) is 7.03. The number of nitrogens with zero attached hydrogens (tertiary/aromatic N) is 3. The maximum Gasteiger partial charge on any atom is 0.0828 e. The SMILES string of the molecule is Cc1cnn(-c2cccnc2)c1. The van der Waals surface area contributed by atoms with E-state index in [1.165, 1.54) is 0 Å². The number of aryl methyl sites for hydroxylation is 1. The molecule has 0 aliphatic carbocycles. The molecular formula is C9H9N3. The van der Waals surface area contributed by atoms with Crippen molar-refractivity contribution >= 4 is 0 Å². The molecule has 2 aromatic heterocycles. The minimum Gasteiger partial charge on any atom is -0.262 e. The molecule has 0 N–H and O–H groups in total. The summed E-state index contributed by atoms with van der Waals surface area (Å²) in [6, 6.07) is 3.87. The molecule has 0 atom stereocenters. The van der Waals surface area contributed by atoms with Crippen molar-refractivity contribution < 1.29 is 0 Å². The Morgan fingerprint density at radius 2 is 2.25 bits per heavy atom. The second-order valence-electron chi connectivity index (χ2n) is 2.67. The van der Waals surface area contributed by atoms with E-state index in [1.54, 1.807) is 12.4 Å². The van der Waals surface area contributed by atoms with Gasteiger partial charge >= 0.3 is 0 Å². The molecule has 0 unspecified atom stereocenters. The van der Waals surface area contributed by atoms with E-state index in [4.69, 9.17) is 0 Å². The van der Waals surface area contributed by atoms with Gasteiger partial charge < -0.3 is 0 Å². The Morgan fingerprint density at radius 3 is 2.83 bits per heavy atom. The van der Waals surface area contributed by atoms with Crippen LogP contribution in [0.2, 0.25) is 0 Å². The topological polar surface area (TPSA) is 30.7 Å². The van der Waals surface area contributed by atoms with Crippen molar-refractivity contribution in [3.8, 4) is 5.69 Å². The lowest BCUT2D eigenvalue weighted by atomic mass is 10.4. The molecule has 2 rings (SSSR count). The maximum atomic E-state index is 4.16. The van der Waals surface area contributed by atoms with Crippen LogP contribution in [0.4, 0.5) is 0 Å². The highest BCUT2D eigenvalue weighted by Gasteiger charge is 1.95. The van der Waals surface area contributed by atoms with Gasteiger partial charge in [-0.25, -0.2) is 4.68 Å². The van der Waals surface area contributed by atoms with E-state index in [1.807, 2.05) is 36.1 Å². The summed E-state index contributed by atoms with van der Waals surface area (Å²) in [5.74, 6) is 0. The summed E-state index contributed by atoms with van der Waals surface area (Å²) in [7, 11) is 0. The van der Waals surface area contributed by atoms with E-state index in [0.717, 1.165) is 11.3 Å². The quantitative estimate of drug-likeness (QED) is 0.632. The van der Waals surface area contributed by atoms with Gasteiger partial charge in [-0.3, -0.25) is 4.98 Å². The zero-order chi connectivity index (χ0) is 8.39. The highest BCUT2D eigenvalue weighted by Crippen LogP contribution is 2.04. The fraction of sp³-hybridized carbons (Fsp3) is 0.111. The summed E-state index contributed by atoms with van der Waals surface area (Å²) in [6.07, 6.45) is 7.33. The van der Waals surface area contributed by atoms with Crippen molar-refractivity contribution in [3.05, 3.63) is 42.5 Å². The first-order valence-corrected chi connectivity index (χ1v) is 3.78. The van der Waals surface area contributed by atoms with Crippen LogP contribution in [-0.4, -0.2) is 14.8 Å². The van der Waals surface area contributed by atoms with Crippen molar-refractivity contribution in [1.29, 1.82) is 0 Å². The summed E-state index contributed by atoms with van der Waals surface area (Å²) in [5.41, 5.74) is 2.14. The molecule has 60 valence electrons. The molecule has 0 radical (unpaired) electrons. The average molecular weight is 159 g/mol. The van der Waals surface area contributed by atoms with E-state index >= 15 is 0 Å². The molecule has 12 heavy (non-hydrogen) atoms. The number of hydrogen-bond donors (Lipinski definition) is 0. The zero-order valence-electron chi connectivity index (χ0n) is 6.81. The fourth-order valence-corrected chi connectivity index (χ4v) is 1.04. The summed E-state index contributed by atoms with van der Waals surface area (Å²) in [6.45, 7) is 2.01. The van der Waals surface area contributed by atoms with Crippen molar-refractivity contribution in [3.63, 3.8) is 0 Å². The molecule has 3 nitrogen and oxygen atoms in total. The Morgan fingerprint density at radius 1 is 1.33 bits per heavy atom. The molecule has 0 aromatic carbocycles. The van der Waals surface area contributed by atoms with Gasteiger partial charge in [0.25, 0.3) is 0 Å². The van der Waals surface area contributed by atoms with Crippen molar-refractivity contribution in [1.82, 2.24) is 14.8 Å². The molecule has 0 bridgehead atoms. The molecule has 0 fully saturated rings. The lowest BCUT2D eigenvalue weighted by Crippen LogP contribution is -1.93. The number of hydrogen-bond acceptors (Lipinski definition) is 2. The zero-order valence-corrected chi connectivity index (χ0v) is 6.81. The monoisotopic (exact) mass is 159 g/mol. The molecule has 0 spiro atoms. The highest BCUT2D eigenvalue weighted by molar-refractivity contribution is 5.26. The Labute approximate surface area is 70.7 Å². The van der Waals surface area contributed by atoms with Gasteiger partial charge in [0.15, 0.2) is 0 Å². The lowest BCUT2D eigenvalue weighted by molar-refractivity contribution is 0.873. The number of pyridine rings is 1. The third-order valence-corrected chi connectivity index (χ3v) is 1.62. The van der Waals surface area contributed by atoms with Gasteiger partial charge in [0.2, 0.25) is 0 Å². The van der Waals surface area contributed by atoms with Gasteiger partial charge in [-0.1, -0.05) is 0 Å². The van der Waals surface area contributed by atoms with Crippen LogP contribution >= 0.6 is 0 Å². The van der Waals surface area contributed by atoms with E-state index in [0.29, 0.717) is 0 Å². The Kier molecular flexibility index (Phi) is 1.63. The van der Waals surface area contributed by atoms with Crippen molar-refractivity contribution in [2.24, 2.45) is 0 Å². The first-order valence-electron chi connectivity index (χ1n) is 3.78. The normalized spacial score (nSPS) is 10.1. The number of aromatic nitrogens is 3. The van der Waals surface area contributed by atoms with E-state index in [2.05, 4.69) is 10.1 Å². The van der Waals surface area contributed by atoms with E-state index in [-0.39, 0.29) is 0 Å². The van der Waals surface area contributed by atoms with Crippen LogP contribution in [0.1, 0.15) is 5.56 Å². The van der Waals surface area contributed by atoms with Crippen LogP contribution in [-0.2, 0) is 0 Å². The van der Waals surface area contributed by atoms with Gasteiger partial charge in [0.05, 0.1) is 18.1 Å². The van der Waals surface area contributed by atoms with Gasteiger partial charge in [-0.15, -0.1) is 0 Å². The molecular weight excluding hydrogens is 150 g/mol. The van der Waals surface area contributed by atoms with Gasteiger partial charge in [0.1, 0.15) is 0 Å². The Balaban J connectivity index is 2.45. The van der Waals surface area contributed by atoms with Gasteiger partial charge in [0, 0.05) is 12.4 Å². The Bertz CT molecular complexity index is 364. The predicted molar refractivity (Wildman–Crippen MR) is 46.1 cm³/mol. The highest BCUT2D eigenvalue weighted by atomic mass is 15.3. The predicted octanol–water partition coefficient (Wildman–Crippen LogP) is 1.58. The second-order valence-corrected chi connectivity index (χ2v) is 2.67. The van der Waals surface area contributed by atoms with E-state index < -0.39 is 0 Å².